The quantitative estimate of drug-likeness (QED) is 0.818. The first-order valence-electron chi connectivity index (χ1n) is 8.60. The van der Waals surface area contributed by atoms with Gasteiger partial charge in [0, 0.05) is 30.4 Å². The van der Waals surface area contributed by atoms with Crippen LogP contribution in [0, 0.1) is 12.8 Å². The summed E-state index contributed by atoms with van der Waals surface area (Å²) in [6.07, 6.45) is 1.63. The van der Waals surface area contributed by atoms with E-state index < -0.39 is 0 Å². The first-order chi connectivity index (χ1) is 12.1. The standard InChI is InChI=1S/C20H23N3OS/c1-15-6-5-9-18(14-15)22-20(25)23-12-10-16(11-13-23)19(24)21-17-7-3-2-4-8-17/h2-9,14,16H,10-13H2,1H3,(H,21,24)(H,22,25). The monoisotopic (exact) mass is 353 g/mol. The topological polar surface area (TPSA) is 44.4 Å². The molecule has 130 valence electrons. The highest BCUT2D eigenvalue weighted by Gasteiger charge is 2.26. The molecule has 0 spiro atoms. The number of nitrogens with one attached hydrogen (secondary N) is 2. The number of anilines is 2. The third-order valence-corrected chi connectivity index (χ3v) is 4.82. The van der Waals surface area contributed by atoms with E-state index in [9.17, 15) is 4.79 Å². The molecule has 0 atom stereocenters. The highest BCUT2D eigenvalue weighted by Crippen LogP contribution is 2.20. The minimum Gasteiger partial charge on any atom is -0.349 e. The van der Waals surface area contributed by atoms with E-state index in [1.165, 1.54) is 5.56 Å². The molecule has 5 heteroatoms. The highest BCUT2D eigenvalue weighted by molar-refractivity contribution is 7.80. The lowest BCUT2D eigenvalue weighted by molar-refractivity contribution is -0.120. The van der Waals surface area contributed by atoms with Crippen molar-refractivity contribution in [3.05, 3.63) is 60.2 Å². The number of thiocarbonyl (C=S) groups is 1. The van der Waals surface area contributed by atoms with Gasteiger partial charge in [0.15, 0.2) is 5.11 Å². The van der Waals surface area contributed by atoms with Crippen LogP contribution in [0.25, 0.3) is 0 Å². The Bertz CT molecular complexity index is 740. The van der Waals surface area contributed by atoms with Gasteiger partial charge in [0.1, 0.15) is 0 Å². The molecule has 1 aliphatic heterocycles. The van der Waals surface area contributed by atoms with E-state index >= 15 is 0 Å². The van der Waals surface area contributed by atoms with Crippen molar-refractivity contribution in [1.82, 2.24) is 4.90 Å². The van der Waals surface area contributed by atoms with Crippen LogP contribution in [0.4, 0.5) is 11.4 Å². The third-order valence-electron chi connectivity index (χ3n) is 4.46. The number of benzene rings is 2. The van der Waals surface area contributed by atoms with Gasteiger partial charge in [-0.15, -0.1) is 0 Å². The van der Waals surface area contributed by atoms with Crippen molar-refractivity contribution in [2.75, 3.05) is 23.7 Å². The van der Waals surface area contributed by atoms with Gasteiger partial charge in [0.05, 0.1) is 0 Å². The second-order valence-corrected chi connectivity index (χ2v) is 6.80. The molecular formula is C20H23N3OS. The van der Waals surface area contributed by atoms with Crippen LogP contribution in [-0.4, -0.2) is 29.0 Å². The number of likely N-dealkylation sites (tertiary alicyclic amines) is 1. The van der Waals surface area contributed by atoms with E-state index in [0.717, 1.165) is 42.4 Å². The summed E-state index contributed by atoms with van der Waals surface area (Å²) in [6.45, 7) is 3.65. The van der Waals surface area contributed by atoms with Gasteiger partial charge in [-0.3, -0.25) is 4.79 Å². The molecule has 0 saturated carbocycles. The van der Waals surface area contributed by atoms with Gasteiger partial charge >= 0.3 is 0 Å². The lowest BCUT2D eigenvalue weighted by atomic mass is 9.96. The van der Waals surface area contributed by atoms with Crippen molar-refractivity contribution in [1.29, 1.82) is 0 Å². The first-order valence-corrected chi connectivity index (χ1v) is 9.01. The van der Waals surface area contributed by atoms with E-state index in [1.807, 2.05) is 42.5 Å². The number of carbonyl (C=O) groups excluding carboxylic acids is 1. The van der Waals surface area contributed by atoms with Crippen molar-refractivity contribution in [2.24, 2.45) is 5.92 Å². The van der Waals surface area contributed by atoms with Crippen LogP contribution in [-0.2, 0) is 4.79 Å². The summed E-state index contributed by atoms with van der Waals surface area (Å²) in [4.78, 5) is 14.5. The van der Waals surface area contributed by atoms with Gasteiger partial charge in [0.25, 0.3) is 0 Å². The Morgan fingerprint density at radius 3 is 2.36 bits per heavy atom. The molecule has 0 unspecified atom stereocenters. The van der Waals surface area contributed by atoms with E-state index in [-0.39, 0.29) is 11.8 Å². The molecule has 1 fully saturated rings. The Morgan fingerprint density at radius 1 is 1.00 bits per heavy atom. The average molecular weight is 353 g/mol. The SMILES string of the molecule is Cc1cccc(NC(=S)N2CCC(C(=O)Nc3ccccc3)CC2)c1. The number of amides is 1. The number of hydrogen-bond acceptors (Lipinski definition) is 2. The van der Waals surface area contributed by atoms with Crippen molar-refractivity contribution in [2.45, 2.75) is 19.8 Å². The maximum Gasteiger partial charge on any atom is 0.227 e. The summed E-state index contributed by atoms with van der Waals surface area (Å²) < 4.78 is 0. The van der Waals surface area contributed by atoms with E-state index in [0.29, 0.717) is 0 Å². The Balaban J connectivity index is 1.49. The minimum atomic E-state index is 0.0400. The molecule has 0 aromatic heterocycles. The fourth-order valence-corrected chi connectivity index (χ4v) is 3.34. The van der Waals surface area contributed by atoms with Gasteiger partial charge < -0.3 is 15.5 Å². The summed E-state index contributed by atoms with van der Waals surface area (Å²) in [6, 6.07) is 17.8. The predicted molar refractivity (Wildman–Crippen MR) is 107 cm³/mol. The molecule has 2 aromatic carbocycles. The van der Waals surface area contributed by atoms with Crippen LogP contribution < -0.4 is 10.6 Å². The number of para-hydroxylation sites is 1. The molecule has 1 saturated heterocycles. The van der Waals surface area contributed by atoms with E-state index in [2.05, 4.69) is 34.6 Å². The van der Waals surface area contributed by atoms with Crippen LogP contribution in [0.2, 0.25) is 0 Å². The molecule has 2 aromatic rings. The Kier molecular flexibility index (Phi) is 5.66. The fourth-order valence-electron chi connectivity index (χ4n) is 3.04. The summed E-state index contributed by atoms with van der Waals surface area (Å²) in [7, 11) is 0. The van der Waals surface area contributed by atoms with Crippen LogP contribution >= 0.6 is 12.2 Å². The van der Waals surface area contributed by atoms with Gasteiger partial charge in [-0.1, -0.05) is 30.3 Å². The van der Waals surface area contributed by atoms with Gasteiger partial charge in [-0.25, -0.2) is 0 Å². The molecular weight excluding hydrogens is 330 g/mol. The second kappa shape index (κ2) is 8.12. The molecule has 0 radical (unpaired) electrons. The van der Waals surface area contributed by atoms with Gasteiger partial charge in [0.2, 0.25) is 5.91 Å². The summed E-state index contributed by atoms with van der Waals surface area (Å²) in [5.74, 6) is 0.140. The smallest absolute Gasteiger partial charge is 0.227 e. The van der Waals surface area contributed by atoms with Crippen molar-refractivity contribution < 1.29 is 4.79 Å². The molecule has 25 heavy (non-hydrogen) atoms. The molecule has 2 N–H and O–H groups in total. The fraction of sp³-hybridized carbons (Fsp3) is 0.300. The highest BCUT2D eigenvalue weighted by atomic mass is 32.1. The Morgan fingerprint density at radius 2 is 1.68 bits per heavy atom. The summed E-state index contributed by atoms with van der Waals surface area (Å²) in [5.41, 5.74) is 3.06. The Hall–Kier alpha value is -2.40. The largest absolute Gasteiger partial charge is 0.349 e. The van der Waals surface area contributed by atoms with E-state index in [4.69, 9.17) is 12.2 Å². The molecule has 0 bridgehead atoms. The zero-order valence-corrected chi connectivity index (χ0v) is 15.2. The minimum absolute atomic E-state index is 0.0400. The molecule has 3 rings (SSSR count). The number of carbonyl (C=O) groups is 1. The van der Waals surface area contributed by atoms with Crippen molar-refractivity contribution >= 4 is 34.6 Å². The predicted octanol–water partition coefficient (Wildman–Crippen LogP) is 4.04. The first kappa shape index (κ1) is 17.4. The van der Waals surface area contributed by atoms with Crippen LogP contribution in [0.3, 0.4) is 0 Å². The third kappa shape index (κ3) is 4.79. The van der Waals surface area contributed by atoms with Crippen molar-refractivity contribution in [3.63, 3.8) is 0 Å². The number of rotatable bonds is 3. The lowest BCUT2D eigenvalue weighted by Gasteiger charge is -2.33. The zero-order valence-electron chi connectivity index (χ0n) is 14.4. The van der Waals surface area contributed by atoms with E-state index in [1.54, 1.807) is 0 Å². The van der Waals surface area contributed by atoms with Crippen LogP contribution in [0.5, 0.6) is 0 Å². The molecule has 4 nitrogen and oxygen atoms in total. The summed E-state index contributed by atoms with van der Waals surface area (Å²) >= 11 is 5.52. The van der Waals surface area contributed by atoms with Crippen LogP contribution in [0.1, 0.15) is 18.4 Å². The maximum atomic E-state index is 12.4. The van der Waals surface area contributed by atoms with Crippen molar-refractivity contribution in [3.8, 4) is 0 Å². The van der Waals surface area contributed by atoms with Crippen LogP contribution in [0.15, 0.2) is 54.6 Å². The average Bonchev–Trinajstić information content (AvgIpc) is 2.62. The lowest BCUT2D eigenvalue weighted by Crippen LogP contribution is -2.43. The Labute approximate surface area is 154 Å². The molecule has 0 aliphatic carbocycles. The number of piperidine rings is 1. The normalized spacial score (nSPS) is 14.8. The van der Waals surface area contributed by atoms with Gasteiger partial charge in [-0.05, 0) is 61.8 Å². The summed E-state index contributed by atoms with van der Waals surface area (Å²) in [5, 5.41) is 7.02. The second-order valence-electron chi connectivity index (χ2n) is 6.42. The molecule has 1 aliphatic rings. The molecule has 1 amide bonds. The maximum absolute atomic E-state index is 12.4. The van der Waals surface area contributed by atoms with Gasteiger partial charge in [-0.2, -0.15) is 0 Å². The zero-order chi connectivity index (χ0) is 17.6. The number of aryl methyl sites for hydroxylation is 1. The molecule has 1 heterocycles. The number of nitrogens with zero attached hydrogens (tertiary/aromatic N) is 1. The number of hydrogen-bond donors (Lipinski definition) is 2.